The Morgan fingerprint density at radius 2 is 1.75 bits per heavy atom. The lowest BCUT2D eigenvalue weighted by Crippen LogP contribution is -2.01. The second kappa shape index (κ2) is 7.03. The smallest absolute Gasteiger partial charge is 0.147 e. The third-order valence-corrected chi connectivity index (χ3v) is 4.42. The summed E-state index contributed by atoms with van der Waals surface area (Å²) in [5.74, 6) is 0.773. The maximum Gasteiger partial charge on any atom is 0.147 e. The van der Waals surface area contributed by atoms with Crippen LogP contribution in [0, 0.1) is 0 Å². The van der Waals surface area contributed by atoms with Crippen molar-refractivity contribution >= 4 is 60.7 Å². The molecule has 0 saturated heterocycles. The summed E-state index contributed by atoms with van der Waals surface area (Å²) in [6.45, 7) is 0.626. The number of rotatable bonds is 4. The predicted octanol–water partition coefficient (Wildman–Crippen LogP) is 6.14. The molecular formula is C14H11Br2Cl2NO. The molecule has 0 atom stereocenters. The van der Waals surface area contributed by atoms with E-state index in [0.717, 1.165) is 25.9 Å². The van der Waals surface area contributed by atoms with Crippen LogP contribution in [-0.2, 0) is 6.54 Å². The van der Waals surface area contributed by atoms with Crippen molar-refractivity contribution < 1.29 is 4.74 Å². The van der Waals surface area contributed by atoms with Crippen LogP contribution >= 0.6 is 55.1 Å². The third-order valence-electron chi connectivity index (χ3n) is 2.67. The van der Waals surface area contributed by atoms with E-state index in [1.807, 2.05) is 12.1 Å². The molecule has 0 heterocycles. The Morgan fingerprint density at radius 1 is 1.10 bits per heavy atom. The van der Waals surface area contributed by atoms with Crippen LogP contribution in [0.2, 0.25) is 10.0 Å². The van der Waals surface area contributed by atoms with Gasteiger partial charge in [0.25, 0.3) is 0 Å². The Bertz CT molecular complexity index is 612. The first-order valence-corrected chi connectivity index (χ1v) is 8.06. The molecule has 0 saturated carbocycles. The number of hydrogen-bond acceptors (Lipinski definition) is 2. The number of hydrogen-bond donors (Lipinski definition) is 1. The average Bonchev–Trinajstić information content (AvgIpc) is 2.39. The van der Waals surface area contributed by atoms with E-state index in [0.29, 0.717) is 16.6 Å². The average molecular weight is 440 g/mol. The maximum absolute atomic E-state index is 6.11. The Morgan fingerprint density at radius 3 is 2.35 bits per heavy atom. The highest BCUT2D eigenvalue weighted by Gasteiger charge is 2.08. The summed E-state index contributed by atoms with van der Waals surface area (Å²) in [6.07, 6.45) is 0. The van der Waals surface area contributed by atoms with Gasteiger partial charge in [0.05, 0.1) is 26.8 Å². The third kappa shape index (κ3) is 3.82. The normalized spacial score (nSPS) is 10.4. The van der Waals surface area contributed by atoms with Crippen molar-refractivity contribution in [3.8, 4) is 5.75 Å². The van der Waals surface area contributed by atoms with Crippen LogP contribution in [0.15, 0.2) is 39.3 Å². The molecule has 1 N–H and O–H groups in total. The molecule has 106 valence electrons. The van der Waals surface area contributed by atoms with Gasteiger partial charge in [0.15, 0.2) is 0 Å². The van der Waals surface area contributed by atoms with Gasteiger partial charge < -0.3 is 10.1 Å². The summed E-state index contributed by atoms with van der Waals surface area (Å²) in [7, 11) is 1.63. The molecule has 0 bridgehead atoms. The standard InChI is InChI=1S/C14H11Br2Cl2NO/c1-20-14-10(15)4-8(5-11(14)16)7-19-13-6-9(17)2-3-12(13)18/h2-6,19H,7H2,1H3. The van der Waals surface area contributed by atoms with E-state index in [-0.39, 0.29) is 0 Å². The van der Waals surface area contributed by atoms with Crippen LogP contribution in [0.5, 0.6) is 5.75 Å². The van der Waals surface area contributed by atoms with Crippen molar-refractivity contribution in [1.82, 2.24) is 0 Å². The molecule has 2 nitrogen and oxygen atoms in total. The zero-order valence-electron chi connectivity index (χ0n) is 10.5. The second-order valence-electron chi connectivity index (χ2n) is 4.07. The molecule has 0 unspecified atom stereocenters. The minimum atomic E-state index is 0.626. The highest BCUT2D eigenvalue weighted by Crippen LogP contribution is 2.35. The molecule has 0 spiro atoms. The molecule has 0 aliphatic heterocycles. The molecule has 2 rings (SSSR count). The van der Waals surface area contributed by atoms with E-state index in [9.17, 15) is 0 Å². The van der Waals surface area contributed by atoms with Crippen LogP contribution in [0.4, 0.5) is 5.69 Å². The first-order valence-electron chi connectivity index (χ1n) is 5.72. The van der Waals surface area contributed by atoms with E-state index in [4.69, 9.17) is 27.9 Å². The van der Waals surface area contributed by atoms with Gasteiger partial charge in [0.1, 0.15) is 5.75 Å². The van der Waals surface area contributed by atoms with Gasteiger partial charge in [0.2, 0.25) is 0 Å². The fourth-order valence-electron chi connectivity index (χ4n) is 1.74. The number of ether oxygens (including phenoxy) is 1. The first kappa shape index (κ1) is 16.0. The van der Waals surface area contributed by atoms with Gasteiger partial charge in [-0.2, -0.15) is 0 Å². The molecule has 0 aliphatic carbocycles. The van der Waals surface area contributed by atoms with E-state index in [1.54, 1.807) is 25.3 Å². The lowest BCUT2D eigenvalue weighted by molar-refractivity contribution is 0.409. The highest BCUT2D eigenvalue weighted by atomic mass is 79.9. The van der Waals surface area contributed by atoms with Crippen LogP contribution in [0.3, 0.4) is 0 Å². The summed E-state index contributed by atoms with van der Waals surface area (Å²) in [6, 6.07) is 9.32. The zero-order valence-corrected chi connectivity index (χ0v) is 15.2. The lowest BCUT2D eigenvalue weighted by Gasteiger charge is -2.12. The Kier molecular flexibility index (Phi) is 5.61. The lowest BCUT2D eigenvalue weighted by atomic mass is 10.2. The number of nitrogens with one attached hydrogen (secondary N) is 1. The Labute approximate surface area is 144 Å². The summed E-state index contributed by atoms with van der Waals surface area (Å²) in [5.41, 5.74) is 1.89. The van der Waals surface area contributed by atoms with Crippen molar-refractivity contribution in [2.45, 2.75) is 6.54 Å². The van der Waals surface area contributed by atoms with Gasteiger partial charge in [-0.1, -0.05) is 23.2 Å². The summed E-state index contributed by atoms with van der Waals surface area (Å²) < 4.78 is 7.06. The van der Waals surface area contributed by atoms with Crippen molar-refractivity contribution in [3.05, 3.63) is 54.9 Å². The molecular weight excluding hydrogens is 429 g/mol. The fraction of sp³-hybridized carbons (Fsp3) is 0.143. The minimum Gasteiger partial charge on any atom is -0.494 e. The van der Waals surface area contributed by atoms with Crippen LogP contribution in [-0.4, -0.2) is 7.11 Å². The van der Waals surface area contributed by atoms with Gasteiger partial charge in [-0.15, -0.1) is 0 Å². The fourth-order valence-corrected chi connectivity index (χ4v) is 3.70. The van der Waals surface area contributed by atoms with Crippen molar-refractivity contribution in [1.29, 1.82) is 0 Å². The summed E-state index contributed by atoms with van der Waals surface area (Å²) in [4.78, 5) is 0. The molecule has 0 aliphatic rings. The molecule has 20 heavy (non-hydrogen) atoms. The molecule has 2 aromatic rings. The molecule has 0 fully saturated rings. The van der Waals surface area contributed by atoms with Gasteiger partial charge in [0, 0.05) is 11.6 Å². The minimum absolute atomic E-state index is 0.626. The number of anilines is 1. The van der Waals surface area contributed by atoms with Crippen LogP contribution in [0.1, 0.15) is 5.56 Å². The second-order valence-corrected chi connectivity index (χ2v) is 6.62. The number of methoxy groups -OCH3 is 1. The van der Waals surface area contributed by atoms with E-state index < -0.39 is 0 Å². The number of benzene rings is 2. The maximum atomic E-state index is 6.11. The molecule has 0 aromatic heterocycles. The van der Waals surface area contributed by atoms with Crippen molar-refractivity contribution in [2.24, 2.45) is 0 Å². The zero-order chi connectivity index (χ0) is 14.7. The molecule has 2 aromatic carbocycles. The van der Waals surface area contributed by atoms with Crippen molar-refractivity contribution in [2.75, 3.05) is 12.4 Å². The first-order chi connectivity index (χ1) is 9.51. The molecule has 0 radical (unpaired) electrons. The summed E-state index contributed by atoms with van der Waals surface area (Å²) in [5, 5.41) is 4.55. The SMILES string of the molecule is COc1c(Br)cc(CNc2cc(Cl)ccc2Cl)cc1Br. The number of halogens is 4. The van der Waals surface area contributed by atoms with E-state index in [2.05, 4.69) is 37.2 Å². The monoisotopic (exact) mass is 437 g/mol. The Hall–Kier alpha value is -0.420. The predicted molar refractivity (Wildman–Crippen MR) is 92.2 cm³/mol. The quantitative estimate of drug-likeness (QED) is 0.617. The Balaban J connectivity index is 2.17. The molecule has 6 heteroatoms. The topological polar surface area (TPSA) is 21.3 Å². The molecule has 0 amide bonds. The van der Waals surface area contributed by atoms with Gasteiger partial charge in [-0.25, -0.2) is 0 Å². The van der Waals surface area contributed by atoms with Gasteiger partial charge >= 0.3 is 0 Å². The van der Waals surface area contributed by atoms with Gasteiger partial charge in [-0.3, -0.25) is 0 Å². The van der Waals surface area contributed by atoms with Crippen molar-refractivity contribution in [3.63, 3.8) is 0 Å². The van der Waals surface area contributed by atoms with Crippen LogP contribution < -0.4 is 10.1 Å². The summed E-state index contributed by atoms with van der Waals surface area (Å²) >= 11 is 19.0. The van der Waals surface area contributed by atoms with E-state index >= 15 is 0 Å². The largest absolute Gasteiger partial charge is 0.494 e. The highest BCUT2D eigenvalue weighted by molar-refractivity contribution is 9.11. The van der Waals surface area contributed by atoms with E-state index in [1.165, 1.54) is 0 Å². The van der Waals surface area contributed by atoms with Gasteiger partial charge in [-0.05, 0) is 67.8 Å². The van der Waals surface area contributed by atoms with Crippen LogP contribution in [0.25, 0.3) is 0 Å².